The first-order valence-corrected chi connectivity index (χ1v) is 6.15. The maximum Gasteiger partial charge on any atom is 0.339 e. The monoisotopic (exact) mass is 189 g/mol. The van der Waals surface area contributed by atoms with Gasteiger partial charge in [0.25, 0.3) is 0 Å². The molecule has 12 heavy (non-hydrogen) atoms. The van der Waals surface area contributed by atoms with Crippen molar-refractivity contribution in [2.75, 3.05) is 12.3 Å². The van der Waals surface area contributed by atoms with Crippen molar-refractivity contribution < 1.29 is 4.57 Å². The molecule has 0 aliphatic rings. The van der Waals surface area contributed by atoms with Crippen LogP contribution in [0.4, 0.5) is 0 Å². The Balaban J connectivity index is 3.92. The average molecular weight is 189 g/mol. The molecule has 0 heterocycles. The molecule has 1 nitrogen and oxygen atoms in total. The lowest BCUT2D eigenvalue weighted by Crippen LogP contribution is -2.14. The highest BCUT2D eigenvalue weighted by Crippen LogP contribution is 2.36. The molecule has 0 N–H and O–H groups in total. The predicted molar refractivity (Wildman–Crippen MR) is 56.3 cm³/mol. The summed E-state index contributed by atoms with van der Waals surface area (Å²) in [6, 6.07) is 0. The zero-order valence-corrected chi connectivity index (χ0v) is 10.2. The molecule has 2 heteroatoms. The van der Waals surface area contributed by atoms with Crippen LogP contribution >= 0.6 is 7.80 Å². The largest absolute Gasteiger partial charge is 0.339 e. The van der Waals surface area contributed by atoms with Gasteiger partial charge in [-0.05, 0) is 0 Å². The van der Waals surface area contributed by atoms with E-state index < -0.39 is 7.80 Å². The minimum Gasteiger partial charge on any atom is -0.0748 e. The minimum absolute atomic E-state index is 0.207. The van der Waals surface area contributed by atoms with Gasteiger partial charge in [-0.25, -0.2) is 0 Å². The van der Waals surface area contributed by atoms with Gasteiger partial charge in [-0.3, -0.25) is 0 Å². The van der Waals surface area contributed by atoms with Gasteiger partial charge in [0.15, 0.2) is 12.3 Å². The van der Waals surface area contributed by atoms with E-state index in [4.69, 9.17) is 0 Å². The highest BCUT2D eigenvalue weighted by Gasteiger charge is 2.30. The third kappa shape index (κ3) is 8.20. The second-order valence-corrected chi connectivity index (χ2v) is 7.52. The van der Waals surface area contributed by atoms with Crippen LogP contribution in [0.25, 0.3) is 0 Å². The summed E-state index contributed by atoms with van der Waals surface area (Å²) in [6.07, 6.45) is 1.69. The molecule has 0 aromatic rings. The topological polar surface area (TPSA) is 17.1 Å². The summed E-state index contributed by atoms with van der Waals surface area (Å²) < 4.78 is 11.6. The second-order valence-electron chi connectivity index (χ2n) is 5.92. The molecule has 0 aliphatic carbocycles. The Morgan fingerprint density at radius 2 is 1.08 bits per heavy atom. The van der Waals surface area contributed by atoms with Gasteiger partial charge in [-0.1, -0.05) is 46.1 Å². The number of rotatable bonds is 2. The first-order valence-electron chi connectivity index (χ1n) is 4.52. The van der Waals surface area contributed by atoms with E-state index in [-0.39, 0.29) is 10.8 Å². The molecule has 72 valence electrons. The van der Waals surface area contributed by atoms with Gasteiger partial charge >= 0.3 is 7.80 Å². The van der Waals surface area contributed by atoms with E-state index >= 15 is 0 Å². The molecule has 0 atom stereocenters. The summed E-state index contributed by atoms with van der Waals surface area (Å²) in [7, 11) is -1.01. The maximum atomic E-state index is 11.6. The molecule has 0 spiro atoms. The van der Waals surface area contributed by atoms with Crippen LogP contribution in [0.5, 0.6) is 0 Å². The van der Waals surface area contributed by atoms with Crippen molar-refractivity contribution in [3.05, 3.63) is 0 Å². The van der Waals surface area contributed by atoms with E-state index in [0.717, 1.165) is 12.3 Å². The molecule has 0 aliphatic heterocycles. The molecule has 0 aromatic heterocycles. The highest BCUT2D eigenvalue weighted by atomic mass is 31.1. The van der Waals surface area contributed by atoms with Crippen LogP contribution in [0, 0.1) is 10.8 Å². The van der Waals surface area contributed by atoms with Gasteiger partial charge in [0, 0.05) is 10.8 Å². The van der Waals surface area contributed by atoms with Crippen LogP contribution in [0.3, 0.4) is 0 Å². The van der Waals surface area contributed by atoms with E-state index in [9.17, 15) is 4.57 Å². The van der Waals surface area contributed by atoms with Gasteiger partial charge in [-0.2, -0.15) is 0 Å². The van der Waals surface area contributed by atoms with E-state index in [1.807, 2.05) is 0 Å². The van der Waals surface area contributed by atoms with Gasteiger partial charge in [-0.15, -0.1) is 0 Å². The van der Waals surface area contributed by atoms with E-state index in [1.165, 1.54) is 0 Å². The third-order valence-electron chi connectivity index (χ3n) is 1.30. The van der Waals surface area contributed by atoms with Crippen molar-refractivity contribution in [2.45, 2.75) is 41.5 Å². The number of hydrogen-bond acceptors (Lipinski definition) is 1. The zero-order valence-electron chi connectivity index (χ0n) is 9.27. The molecule has 0 radical (unpaired) electrons. The summed E-state index contributed by atoms with van der Waals surface area (Å²) in [5, 5.41) is 0. The number of hydrogen-bond donors (Lipinski definition) is 0. The standard InChI is InChI=1S/C10H22OP/c1-9(2,3)7-12(11)8-10(4,5)6/h7-8H2,1-6H3/q+1. The van der Waals surface area contributed by atoms with E-state index in [0.29, 0.717) is 0 Å². The summed E-state index contributed by atoms with van der Waals surface area (Å²) in [5.41, 5.74) is 0.414. The van der Waals surface area contributed by atoms with E-state index in [1.54, 1.807) is 0 Å². The molecule has 0 saturated heterocycles. The molecule has 0 aromatic carbocycles. The molecule has 0 fully saturated rings. The Kier molecular flexibility index (Phi) is 3.90. The molecule has 0 unspecified atom stereocenters. The smallest absolute Gasteiger partial charge is 0.0748 e. The first-order chi connectivity index (χ1) is 5.10. The van der Waals surface area contributed by atoms with Crippen LogP contribution in [0.15, 0.2) is 0 Å². The second kappa shape index (κ2) is 3.87. The fourth-order valence-electron chi connectivity index (χ4n) is 1.11. The van der Waals surface area contributed by atoms with Gasteiger partial charge in [0.2, 0.25) is 0 Å². The Hall–Kier alpha value is 0.100. The van der Waals surface area contributed by atoms with Crippen LogP contribution in [0.2, 0.25) is 0 Å². The lowest BCUT2D eigenvalue weighted by molar-refractivity contribution is 0.443. The SMILES string of the molecule is CC(C)(C)C[P+](=O)CC(C)(C)C. The van der Waals surface area contributed by atoms with Crippen LogP contribution in [-0.2, 0) is 4.57 Å². The van der Waals surface area contributed by atoms with Crippen molar-refractivity contribution in [3.8, 4) is 0 Å². The Labute approximate surface area is 77.7 Å². The van der Waals surface area contributed by atoms with Gasteiger partial charge in [0.1, 0.15) is 0 Å². The highest BCUT2D eigenvalue weighted by molar-refractivity contribution is 7.44. The molecular weight excluding hydrogens is 167 g/mol. The minimum atomic E-state index is -1.01. The van der Waals surface area contributed by atoms with Crippen molar-refractivity contribution in [3.63, 3.8) is 0 Å². The fourth-order valence-corrected chi connectivity index (χ4v) is 3.34. The molecular formula is C10H22OP+. The molecule has 0 saturated carbocycles. The molecule has 0 bridgehead atoms. The lowest BCUT2D eigenvalue weighted by atomic mass is 10.0. The third-order valence-corrected chi connectivity index (χ3v) is 3.90. The quantitative estimate of drug-likeness (QED) is 0.602. The van der Waals surface area contributed by atoms with Crippen molar-refractivity contribution in [1.29, 1.82) is 0 Å². The van der Waals surface area contributed by atoms with Crippen molar-refractivity contribution in [2.24, 2.45) is 10.8 Å². The summed E-state index contributed by atoms with van der Waals surface area (Å²) in [4.78, 5) is 0. The molecule has 0 rings (SSSR count). The normalized spacial score (nSPS) is 13.2. The first kappa shape index (κ1) is 12.1. The van der Waals surface area contributed by atoms with Gasteiger partial charge in [0.05, 0.1) is 0 Å². The van der Waals surface area contributed by atoms with Crippen LogP contribution < -0.4 is 0 Å². The van der Waals surface area contributed by atoms with Gasteiger partial charge < -0.3 is 0 Å². The van der Waals surface area contributed by atoms with Crippen molar-refractivity contribution in [1.82, 2.24) is 0 Å². The Bertz CT molecular complexity index is 142. The Morgan fingerprint density at radius 3 is 1.25 bits per heavy atom. The maximum absolute atomic E-state index is 11.6. The van der Waals surface area contributed by atoms with E-state index in [2.05, 4.69) is 41.5 Å². The Morgan fingerprint density at radius 1 is 0.833 bits per heavy atom. The summed E-state index contributed by atoms with van der Waals surface area (Å²) in [6.45, 7) is 12.9. The van der Waals surface area contributed by atoms with Crippen molar-refractivity contribution >= 4 is 7.80 Å². The fraction of sp³-hybridized carbons (Fsp3) is 1.00. The van der Waals surface area contributed by atoms with Crippen LogP contribution in [-0.4, -0.2) is 12.3 Å². The molecule has 0 amide bonds. The summed E-state index contributed by atoms with van der Waals surface area (Å²) >= 11 is 0. The lowest BCUT2D eigenvalue weighted by Gasteiger charge is -2.14. The van der Waals surface area contributed by atoms with Crippen LogP contribution in [0.1, 0.15) is 41.5 Å². The zero-order chi connectivity index (χ0) is 9.99. The summed E-state index contributed by atoms with van der Waals surface area (Å²) in [5.74, 6) is 0. The average Bonchev–Trinajstić information content (AvgIpc) is 1.49. The predicted octanol–water partition coefficient (Wildman–Crippen LogP) is 3.91.